The second-order valence-corrected chi connectivity index (χ2v) is 6.85. The lowest BCUT2D eigenvalue weighted by Gasteiger charge is -2.36. The molecule has 0 aliphatic carbocycles. The third kappa shape index (κ3) is 3.45. The zero-order chi connectivity index (χ0) is 16.4. The molecule has 0 aromatic heterocycles. The van der Waals surface area contributed by atoms with Gasteiger partial charge in [-0.3, -0.25) is 0 Å². The van der Waals surface area contributed by atoms with Crippen molar-refractivity contribution in [3.8, 4) is 0 Å². The SMILES string of the molecule is Fc1ccc2c(c1)NN(C1CCN(CCc3ccccc3)CC1)C2. The molecule has 4 heteroatoms. The van der Waals surface area contributed by atoms with E-state index < -0.39 is 0 Å². The Balaban J connectivity index is 1.26. The van der Waals surface area contributed by atoms with E-state index in [9.17, 15) is 4.39 Å². The van der Waals surface area contributed by atoms with Crippen LogP contribution in [0.15, 0.2) is 48.5 Å². The Bertz CT molecular complexity index is 681. The minimum atomic E-state index is -0.168. The summed E-state index contributed by atoms with van der Waals surface area (Å²) in [4.78, 5) is 2.56. The van der Waals surface area contributed by atoms with Gasteiger partial charge < -0.3 is 10.3 Å². The van der Waals surface area contributed by atoms with Gasteiger partial charge in [0.25, 0.3) is 0 Å². The zero-order valence-corrected chi connectivity index (χ0v) is 13.9. The number of hydrogen-bond donors (Lipinski definition) is 1. The molecule has 126 valence electrons. The summed E-state index contributed by atoms with van der Waals surface area (Å²) < 4.78 is 13.3. The van der Waals surface area contributed by atoms with Crippen molar-refractivity contribution < 1.29 is 4.39 Å². The van der Waals surface area contributed by atoms with Gasteiger partial charge in [0.15, 0.2) is 0 Å². The molecule has 0 radical (unpaired) electrons. The van der Waals surface area contributed by atoms with E-state index in [0.717, 1.165) is 51.1 Å². The second kappa shape index (κ2) is 6.91. The lowest BCUT2D eigenvalue weighted by atomic mass is 10.0. The Morgan fingerprint density at radius 1 is 1.04 bits per heavy atom. The number of nitrogens with one attached hydrogen (secondary N) is 1. The van der Waals surface area contributed by atoms with E-state index >= 15 is 0 Å². The topological polar surface area (TPSA) is 18.5 Å². The van der Waals surface area contributed by atoms with Crippen LogP contribution in [-0.2, 0) is 13.0 Å². The Morgan fingerprint density at radius 2 is 1.83 bits per heavy atom. The Hall–Kier alpha value is -1.91. The van der Waals surface area contributed by atoms with Crippen LogP contribution in [-0.4, -0.2) is 35.6 Å². The van der Waals surface area contributed by atoms with Crippen LogP contribution in [0.3, 0.4) is 0 Å². The van der Waals surface area contributed by atoms with Crippen molar-refractivity contribution in [2.45, 2.75) is 31.8 Å². The highest BCUT2D eigenvalue weighted by Crippen LogP contribution is 2.29. The maximum absolute atomic E-state index is 13.3. The summed E-state index contributed by atoms with van der Waals surface area (Å²) in [6.45, 7) is 4.29. The maximum atomic E-state index is 13.3. The molecule has 1 N–H and O–H groups in total. The van der Waals surface area contributed by atoms with E-state index in [1.165, 1.54) is 11.1 Å². The number of rotatable bonds is 4. The van der Waals surface area contributed by atoms with Crippen molar-refractivity contribution in [3.05, 3.63) is 65.5 Å². The number of hydrazine groups is 1. The van der Waals surface area contributed by atoms with E-state index in [-0.39, 0.29) is 5.82 Å². The molecule has 24 heavy (non-hydrogen) atoms. The second-order valence-electron chi connectivity index (χ2n) is 6.85. The van der Waals surface area contributed by atoms with E-state index in [1.807, 2.05) is 6.07 Å². The van der Waals surface area contributed by atoms with Gasteiger partial charge in [-0.15, -0.1) is 0 Å². The van der Waals surface area contributed by atoms with Crippen LogP contribution in [0.5, 0.6) is 0 Å². The molecule has 0 bridgehead atoms. The Kier molecular flexibility index (Phi) is 4.50. The van der Waals surface area contributed by atoms with E-state index in [0.29, 0.717) is 6.04 Å². The van der Waals surface area contributed by atoms with Crippen molar-refractivity contribution >= 4 is 5.69 Å². The van der Waals surface area contributed by atoms with Crippen LogP contribution in [0.25, 0.3) is 0 Å². The first-order valence-corrected chi connectivity index (χ1v) is 8.86. The molecule has 0 amide bonds. The molecule has 1 saturated heterocycles. The number of anilines is 1. The smallest absolute Gasteiger partial charge is 0.125 e. The normalized spacial score (nSPS) is 19.2. The van der Waals surface area contributed by atoms with Crippen LogP contribution in [0.2, 0.25) is 0 Å². The van der Waals surface area contributed by atoms with Gasteiger partial charge in [0.05, 0.1) is 5.69 Å². The number of halogens is 1. The monoisotopic (exact) mass is 325 g/mol. The third-order valence-corrected chi connectivity index (χ3v) is 5.23. The molecule has 0 unspecified atom stereocenters. The molecule has 2 aromatic carbocycles. The quantitative estimate of drug-likeness (QED) is 0.925. The first kappa shape index (κ1) is 15.6. The molecular formula is C20H24FN3. The van der Waals surface area contributed by atoms with Crippen molar-refractivity contribution in [3.63, 3.8) is 0 Å². The lowest BCUT2D eigenvalue weighted by Crippen LogP contribution is -2.45. The maximum Gasteiger partial charge on any atom is 0.125 e. The number of likely N-dealkylation sites (tertiary alicyclic amines) is 1. The molecule has 2 aliphatic rings. The largest absolute Gasteiger partial charge is 0.318 e. The molecule has 2 aliphatic heterocycles. The van der Waals surface area contributed by atoms with Crippen LogP contribution in [0.1, 0.15) is 24.0 Å². The summed E-state index contributed by atoms with van der Waals surface area (Å²) in [5, 5.41) is 2.29. The van der Waals surface area contributed by atoms with Crippen LogP contribution < -0.4 is 5.43 Å². The lowest BCUT2D eigenvalue weighted by molar-refractivity contribution is 0.129. The predicted octanol–water partition coefficient (Wildman–Crippen LogP) is 3.68. The van der Waals surface area contributed by atoms with E-state index in [2.05, 4.69) is 45.7 Å². The van der Waals surface area contributed by atoms with Gasteiger partial charge in [0, 0.05) is 19.1 Å². The summed E-state index contributed by atoms with van der Waals surface area (Å²) in [7, 11) is 0. The number of nitrogens with zero attached hydrogens (tertiary/aromatic N) is 2. The highest BCUT2D eigenvalue weighted by atomic mass is 19.1. The van der Waals surface area contributed by atoms with Gasteiger partial charge in [-0.25, -0.2) is 9.40 Å². The summed E-state index contributed by atoms with van der Waals surface area (Å²) >= 11 is 0. The summed E-state index contributed by atoms with van der Waals surface area (Å²) in [5.41, 5.74) is 6.94. The minimum Gasteiger partial charge on any atom is -0.318 e. The summed E-state index contributed by atoms with van der Waals surface area (Å²) in [6.07, 6.45) is 3.45. The van der Waals surface area contributed by atoms with E-state index in [1.54, 1.807) is 12.1 Å². The van der Waals surface area contributed by atoms with Crippen LogP contribution >= 0.6 is 0 Å². The molecule has 2 heterocycles. The molecule has 0 spiro atoms. The van der Waals surface area contributed by atoms with Crippen molar-refractivity contribution in [2.75, 3.05) is 25.1 Å². The molecule has 1 fully saturated rings. The Morgan fingerprint density at radius 3 is 2.62 bits per heavy atom. The third-order valence-electron chi connectivity index (χ3n) is 5.23. The average Bonchev–Trinajstić information content (AvgIpc) is 3.04. The minimum absolute atomic E-state index is 0.168. The number of hydrogen-bond acceptors (Lipinski definition) is 3. The zero-order valence-electron chi connectivity index (χ0n) is 13.9. The summed E-state index contributed by atoms with van der Waals surface area (Å²) in [6, 6.07) is 16.3. The van der Waals surface area contributed by atoms with Gasteiger partial charge in [0.2, 0.25) is 0 Å². The predicted molar refractivity (Wildman–Crippen MR) is 95.2 cm³/mol. The molecule has 4 rings (SSSR count). The van der Waals surface area contributed by atoms with Gasteiger partial charge >= 0.3 is 0 Å². The fourth-order valence-corrected chi connectivity index (χ4v) is 3.78. The summed E-state index contributed by atoms with van der Waals surface area (Å²) in [5.74, 6) is -0.168. The molecule has 3 nitrogen and oxygen atoms in total. The number of piperidine rings is 1. The standard InChI is InChI=1S/C20H24FN3/c21-18-7-6-17-15-24(22-20(17)14-18)19-9-12-23(13-10-19)11-8-16-4-2-1-3-5-16/h1-7,14,19,22H,8-13,15H2. The molecule has 2 aromatic rings. The number of benzene rings is 2. The average molecular weight is 325 g/mol. The number of fused-ring (bicyclic) bond motifs is 1. The highest BCUT2D eigenvalue weighted by Gasteiger charge is 2.28. The van der Waals surface area contributed by atoms with Crippen molar-refractivity contribution in [1.82, 2.24) is 9.91 Å². The molecular weight excluding hydrogens is 301 g/mol. The van der Waals surface area contributed by atoms with Gasteiger partial charge in [-0.05, 0) is 55.6 Å². The fourth-order valence-electron chi connectivity index (χ4n) is 3.78. The van der Waals surface area contributed by atoms with Crippen LogP contribution in [0, 0.1) is 5.82 Å². The van der Waals surface area contributed by atoms with Crippen LogP contribution in [0.4, 0.5) is 10.1 Å². The fraction of sp³-hybridized carbons (Fsp3) is 0.400. The van der Waals surface area contributed by atoms with Crippen molar-refractivity contribution in [1.29, 1.82) is 0 Å². The van der Waals surface area contributed by atoms with E-state index in [4.69, 9.17) is 0 Å². The first-order chi connectivity index (χ1) is 11.8. The molecule has 0 atom stereocenters. The van der Waals surface area contributed by atoms with Gasteiger partial charge in [-0.2, -0.15) is 0 Å². The highest BCUT2D eigenvalue weighted by molar-refractivity contribution is 5.54. The van der Waals surface area contributed by atoms with Gasteiger partial charge in [0.1, 0.15) is 5.82 Å². The van der Waals surface area contributed by atoms with Crippen molar-refractivity contribution in [2.24, 2.45) is 0 Å². The molecule has 0 saturated carbocycles. The first-order valence-electron chi connectivity index (χ1n) is 8.86. The van der Waals surface area contributed by atoms with Gasteiger partial charge in [-0.1, -0.05) is 36.4 Å². The Labute approximate surface area is 143 Å².